The third kappa shape index (κ3) is 6.71. The summed E-state index contributed by atoms with van der Waals surface area (Å²) >= 11 is 6.20. The van der Waals surface area contributed by atoms with E-state index in [0.29, 0.717) is 74.9 Å². The maximum atomic E-state index is 14.0. The molecule has 3 aliphatic heterocycles. The van der Waals surface area contributed by atoms with Gasteiger partial charge < -0.3 is 25.1 Å². The molecular weight excluding hydrogens is 658 g/mol. The third-order valence-electron chi connectivity index (χ3n) is 10.6. The van der Waals surface area contributed by atoms with E-state index in [0.717, 1.165) is 40.9 Å². The Morgan fingerprint density at radius 1 is 1.08 bits per heavy atom. The fourth-order valence-electron chi connectivity index (χ4n) is 7.89. The second-order valence-corrected chi connectivity index (χ2v) is 14.2. The zero-order valence-electron chi connectivity index (χ0n) is 28.1. The van der Waals surface area contributed by atoms with Gasteiger partial charge in [-0.05, 0) is 73.0 Å². The van der Waals surface area contributed by atoms with Crippen LogP contribution in [0.4, 0.5) is 5.82 Å². The van der Waals surface area contributed by atoms with E-state index in [2.05, 4.69) is 32.4 Å². The lowest BCUT2D eigenvalue weighted by molar-refractivity contribution is -0.137. The second kappa shape index (κ2) is 14.5. The smallest absolute Gasteiger partial charge is 0.255 e. The summed E-state index contributed by atoms with van der Waals surface area (Å²) < 4.78 is 0. The summed E-state index contributed by atoms with van der Waals surface area (Å²) in [5.74, 6) is -0.183. The number of aryl methyl sites for hydroxylation is 1. The first-order valence-electron chi connectivity index (χ1n) is 17.5. The van der Waals surface area contributed by atoms with Crippen LogP contribution in [0.25, 0.3) is 0 Å². The summed E-state index contributed by atoms with van der Waals surface area (Å²) in [5.41, 5.74) is 5.25. The topological polar surface area (TPSA) is 148 Å². The Balaban J connectivity index is 0.959. The van der Waals surface area contributed by atoms with Gasteiger partial charge in [0, 0.05) is 61.8 Å². The zero-order chi connectivity index (χ0) is 34.9. The largest absolute Gasteiger partial charge is 0.387 e. The number of nitrogens with one attached hydrogen (secondary N) is 2. The van der Waals surface area contributed by atoms with E-state index in [4.69, 9.17) is 11.6 Å². The van der Waals surface area contributed by atoms with Crippen molar-refractivity contribution in [3.63, 3.8) is 0 Å². The van der Waals surface area contributed by atoms with Crippen molar-refractivity contribution >= 4 is 41.0 Å². The Morgan fingerprint density at radius 3 is 2.62 bits per heavy atom. The molecule has 2 fully saturated rings. The summed E-state index contributed by atoms with van der Waals surface area (Å²) in [6.45, 7) is 5.99. The van der Waals surface area contributed by atoms with Crippen molar-refractivity contribution in [2.45, 2.75) is 69.6 Å². The number of anilines is 1. The normalized spacial score (nSPS) is 22.4. The summed E-state index contributed by atoms with van der Waals surface area (Å²) in [4.78, 5) is 66.0. The quantitative estimate of drug-likeness (QED) is 0.215. The lowest BCUT2D eigenvalue weighted by Crippen LogP contribution is -2.52. The molecule has 13 heteroatoms. The number of aliphatic hydroxyl groups excluding tert-OH is 1. The van der Waals surface area contributed by atoms with Gasteiger partial charge in [-0.15, -0.1) is 0 Å². The van der Waals surface area contributed by atoms with Crippen molar-refractivity contribution in [2.75, 3.05) is 44.2 Å². The molecule has 262 valence electrons. The van der Waals surface area contributed by atoms with Gasteiger partial charge in [-0.1, -0.05) is 42.8 Å². The number of benzene rings is 2. The van der Waals surface area contributed by atoms with Crippen LogP contribution in [-0.2, 0) is 27.3 Å². The number of aromatic nitrogens is 2. The highest BCUT2D eigenvalue weighted by molar-refractivity contribution is 6.30. The van der Waals surface area contributed by atoms with Crippen LogP contribution in [-0.4, -0.2) is 93.8 Å². The summed E-state index contributed by atoms with van der Waals surface area (Å²) in [5, 5.41) is 16.9. The Morgan fingerprint density at radius 2 is 1.86 bits per heavy atom. The number of amides is 4. The molecule has 4 amide bonds. The number of hydrogen-bond acceptors (Lipinski definition) is 9. The van der Waals surface area contributed by atoms with Crippen LogP contribution in [0.5, 0.6) is 0 Å². The Kier molecular flexibility index (Phi) is 9.85. The molecule has 1 aliphatic carbocycles. The van der Waals surface area contributed by atoms with Crippen LogP contribution >= 0.6 is 11.6 Å². The monoisotopic (exact) mass is 699 g/mol. The van der Waals surface area contributed by atoms with E-state index in [1.165, 1.54) is 6.33 Å². The van der Waals surface area contributed by atoms with Crippen molar-refractivity contribution in [1.29, 1.82) is 0 Å². The second-order valence-electron chi connectivity index (χ2n) is 13.7. The predicted octanol–water partition coefficient (Wildman–Crippen LogP) is 3.09. The number of piperazine rings is 1. The maximum Gasteiger partial charge on any atom is 0.255 e. The fourth-order valence-corrected chi connectivity index (χ4v) is 8.02. The molecule has 4 aliphatic rings. The van der Waals surface area contributed by atoms with Crippen LogP contribution in [0.15, 0.2) is 48.8 Å². The number of carbonyl (C=O) groups is 4. The highest BCUT2D eigenvalue weighted by Gasteiger charge is 2.40. The van der Waals surface area contributed by atoms with Crippen molar-refractivity contribution in [3.8, 4) is 0 Å². The molecule has 7 rings (SSSR count). The molecule has 12 nitrogen and oxygen atoms in total. The lowest BCUT2D eigenvalue weighted by Gasteiger charge is -2.38. The molecule has 1 aromatic heterocycles. The summed E-state index contributed by atoms with van der Waals surface area (Å²) in [7, 11) is 0. The molecule has 1 unspecified atom stereocenters. The molecule has 50 heavy (non-hydrogen) atoms. The third-order valence-corrected chi connectivity index (χ3v) is 10.8. The van der Waals surface area contributed by atoms with Gasteiger partial charge in [0.25, 0.3) is 5.91 Å². The number of rotatable bonds is 10. The Bertz CT molecular complexity index is 1800. The van der Waals surface area contributed by atoms with E-state index in [9.17, 15) is 24.3 Å². The number of hydrogen-bond donors (Lipinski definition) is 3. The first-order valence-corrected chi connectivity index (χ1v) is 17.9. The van der Waals surface area contributed by atoms with Gasteiger partial charge in [0.15, 0.2) is 0 Å². The number of fused-ring (bicyclic) bond motifs is 2. The van der Waals surface area contributed by atoms with Crippen LogP contribution in [0.2, 0.25) is 5.02 Å². The van der Waals surface area contributed by atoms with E-state index < -0.39 is 24.0 Å². The highest BCUT2D eigenvalue weighted by Crippen LogP contribution is 2.43. The number of piperidine rings is 1. The predicted molar refractivity (Wildman–Crippen MR) is 187 cm³/mol. The Hall–Kier alpha value is -4.39. The van der Waals surface area contributed by atoms with E-state index in [-0.39, 0.29) is 30.1 Å². The van der Waals surface area contributed by atoms with E-state index in [1.54, 1.807) is 11.0 Å². The van der Waals surface area contributed by atoms with Crippen LogP contribution in [0.1, 0.15) is 88.9 Å². The number of carbonyl (C=O) groups excluding carboxylic acids is 4. The average Bonchev–Trinajstić information content (AvgIpc) is 3.61. The van der Waals surface area contributed by atoms with Gasteiger partial charge in [-0.2, -0.15) is 0 Å². The highest BCUT2D eigenvalue weighted by atomic mass is 35.5. The molecule has 0 bridgehead atoms. The maximum absolute atomic E-state index is 14.0. The van der Waals surface area contributed by atoms with Gasteiger partial charge in [0.2, 0.25) is 17.7 Å². The number of halogens is 1. The molecule has 4 heterocycles. The molecule has 4 atom stereocenters. The van der Waals surface area contributed by atoms with Crippen molar-refractivity contribution in [2.24, 2.45) is 0 Å². The summed E-state index contributed by atoms with van der Waals surface area (Å²) in [6, 6.07) is 12.5. The fraction of sp³-hybridized carbons (Fsp3) is 0.459. The average molecular weight is 700 g/mol. The van der Waals surface area contributed by atoms with Gasteiger partial charge >= 0.3 is 0 Å². The first-order chi connectivity index (χ1) is 24.2. The van der Waals surface area contributed by atoms with Crippen LogP contribution in [0.3, 0.4) is 0 Å². The van der Waals surface area contributed by atoms with Gasteiger partial charge in [0.05, 0.1) is 17.7 Å². The number of imide groups is 1. The zero-order valence-corrected chi connectivity index (χ0v) is 28.9. The van der Waals surface area contributed by atoms with E-state index >= 15 is 0 Å². The van der Waals surface area contributed by atoms with Gasteiger partial charge in [0.1, 0.15) is 18.2 Å². The molecule has 2 saturated heterocycles. The van der Waals surface area contributed by atoms with Crippen LogP contribution in [0, 0.1) is 0 Å². The van der Waals surface area contributed by atoms with Gasteiger partial charge in [-0.3, -0.25) is 24.5 Å². The van der Waals surface area contributed by atoms with Crippen molar-refractivity contribution in [1.82, 2.24) is 30.4 Å². The molecular formula is C37H42ClN7O5. The Labute approximate surface area is 296 Å². The molecule has 2 aromatic carbocycles. The van der Waals surface area contributed by atoms with Crippen LogP contribution < -0.4 is 15.5 Å². The molecule has 0 spiro atoms. The van der Waals surface area contributed by atoms with Gasteiger partial charge in [-0.25, -0.2) is 9.97 Å². The van der Waals surface area contributed by atoms with Crippen molar-refractivity contribution in [3.05, 3.63) is 87.3 Å². The van der Waals surface area contributed by atoms with E-state index in [1.807, 2.05) is 41.3 Å². The number of nitrogens with zero attached hydrogens (tertiary/aromatic N) is 5. The molecule has 0 saturated carbocycles. The lowest BCUT2D eigenvalue weighted by atomic mass is 9.96. The number of aliphatic hydroxyl groups is 1. The summed E-state index contributed by atoms with van der Waals surface area (Å²) in [6.07, 6.45) is 3.68. The SMILES string of the molecule is C[C@@H]1C[C@@H](O)c2ncnc(N3CCN(C(=O)[C@H](CNCCCc4cccc5c4CN(C4CCC(=O)NC4=O)C5=O)c4ccc(Cl)cc4)CC3)c21. The minimum Gasteiger partial charge on any atom is -0.387 e. The first kappa shape index (κ1) is 34.1. The van der Waals surface area contributed by atoms with Crippen molar-refractivity contribution < 1.29 is 24.3 Å². The molecule has 0 radical (unpaired) electrons. The standard InChI is InChI=1S/C37H42ClN7O5/c1-22-18-30(46)33-32(22)34(41-21-40-33)43-14-16-44(17-15-43)36(49)27(24-7-9-25(38)10-8-24)19-39-13-3-5-23-4-2-6-26-28(23)20-45(37(26)50)29-11-12-31(47)42-35(29)48/h2,4,6-10,21-22,27,29-30,39,46H,3,5,11-20H2,1H3,(H,42,47,48)/t22-,27-,29?,30-/m1/s1. The minimum absolute atomic E-state index is 0.0594. The molecule has 3 aromatic rings. The minimum atomic E-state index is -0.641. The molecule has 3 N–H and O–H groups in total.